The monoisotopic (exact) mass is 295 g/mol. The number of aromatic nitrogens is 2. The third-order valence-corrected chi connectivity index (χ3v) is 3.09. The summed E-state index contributed by atoms with van der Waals surface area (Å²) in [5, 5.41) is 7.11. The molecule has 1 aromatic carbocycles. The maximum atomic E-state index is 13.6. The van der Waals surface area contributed by atoms with Gasteiger partial charge in [-0.15, -0.1) is 0 Å². The molecule has 4 nitrogen and oxygen atoms in total. The Bertz CT molecular complexity index is 627. The molecule has 0 aliphatic heterocycles. The fourth-order valence-corrected chi connectivity index (χ4v) is 1.95. The van der Waals surface area contributed by atoms with Crippen LogP contribution in [0, 0.1) is 18.7 Å². The molecule has 0 saturated carbocycles. The Labute approximate surface area is 121 Å². The topological polar surface area (TPSA) is 46.9 Å². The normalized spacial score (nSPS) is 12.2. The summed E-state index contributed by atoms with van der Waals surface area (Å²) in [4.78, 5) is 12.0. The van der Waals surface area contributed by atoms with E-state index in [1.807, 2.05) is 6.92 Å². The fraction of sp³-hybridized carbons (Fsp3) is 0.286. The Kier molecular flexibility index (Phi) is 4.39. The number of carbonyl (C=O) groups is 1. The predicted molar refractivity (Wildman–Crippen MR) is 76.2 cm³/mol. The van der Waals surface area contributed by atoms with E-state index in [-0.39, 0.29) is 17.5 Å². The second-order valence-electron chi connectivity index (χ2n) is 4.75. The number of benzene rings is 1. The number of anilines is 1. The Morgan fingerprint density at radius 2 is 2.30 bits per heavy atom. The average Bonchev–Trinajstić information content (AvgIpc) is 2.79. The highest BCUT2D eigenvalue weighted by atomic mass is 35.5. The summed E-state index contributed by atoms with van der Waals surface area (Å²) in [6.45, 7) is 3.97. The Morgan fingerprint density at radius 3 is 2.95 bits per heavy atom. The van der Waals surface area contributed by atoms with E-state index in [1.165, 1.54) is 12.3 Å². The first kappa shape index (κ1) is 14.5. The lowest BCUT2D eigenvalue weighted by Gasteiger charge is -2.13. The fourth-order valence-electron chi connectivity index (χ4n) is 1.79. The van der Waals surface area contributed by atoms with E-state index in [1.54, 1.807) is 29.9 Å². The van der Waals surface area contributed by atoms with E-state index in [4.69, 9.17) is 11.6 Å². The van der Waals surface area contributed by atoms with Crippen LogP contribution in [0.1, 0.15) is 12.5 Å². The van der Waals surface area contributed by atoms with E-state index in [2.05, 4.69) is 10.4 Å². The standard InChI is InChI=1S/C14H15ClFN3O/c1-9-3-4-12(16)13(5-9)18-14(20)10(2)7-19-8-11(15)6-17-19/h3-6,8,10H,7H2,1-2H3,(H,18,20). The summed E-state index contributed by atoms with van der Waals surface area (Å²) in [6.07, 6.45) is 3.14. The van der Waals surface area contributed by atoms with Gasteiger partial charge in [0.1, 0.15) is 5.82 Å². The predicted octanol–water partition coefficient (Wildman–Crippen LogP) is 3.26. The molecule has 0 radical (unpaired) electrons. The van der Waals surface area contributed by atoms with Crippen LogP contribution in [0.5, 0.6) is 0 Å². The van der Waals surface area contributed by atoms with Crippen LogP contribution in [0.15, 0.2) is 30.6 Å². The minimum absolute atomic E-state index is 0.195. The molecule has 20 heavy (non-hydrogen) atoms. The van der Waals surface area contributed by atoms with Crippen LogP contribution in [-0.4, -0.2) is 15.7 Å². The van der Waals surface area contributed by atoms with Crippen LogP contribution >= 0.6 is 11.6 Å². The molecular weight excluding hydrogens is 281 g/mol. The van der Waals surface area contributed by atoms with Crippen LogP contribution in [0.3, 0.4) is 0 Å². The molecule has 2 aromatic rings. The summed E-state index contributed by atoms with van der Waals surface area (Å²) in [7, 11) is 0. The van der Waals surface area contributed by atoms with Crippen molar-refractivity contribution in [3.05, 3.63) is 47.0 Å². The van der Waals surface area contributed by atoms with E-state index >= 15 is 0 Å². The number of halogens is 2. The Hall–Kier alpha value is -1.88. The molecule has 2 rings (SSSR count). The SMILES string of the molecule is Cc1ccc(F)c(NC(=O)C(C)Cn2cc(Cl)cn2)c1. The van der Waals surface area contributed by atoms with Gasteiger partial charge < -0.3 is 5.32 Å². The number of aryl methyl sites for hydroxylation is 1. The number of hydrogen-bond acceptors (Lipinski definition) is 2. The number of amides is 1. The van der Waals surface area contributed by atoms with Gasteiger partial charge in [0, 0.05) is 6.20 Å². The maximum Gasteiger partial charge on any atom is 0.229 e. The number of carbonyl (C=O) groups excluding carboxylic acids is 1. The lowest BCUT2D eigenvalue weighted by atomic mass is 10.1. The van der Waals surface area contributed by atoms with Gasteiger partial charge in [0.2, 0.25) is 5.91 Å². The van der Waals surface area contributed by atoms with Crippen molar-refractivity contribution in [2.24, 2.45) is 5.92 Å². The summed E-state index contributed by atoms with van der Waals surface area (Å²) in [5.41, 5.74) is 1.08. The van der Waals surface area contributed by atoms with E-state index in [0.717, 1.165) is 5.56 Å². The molecule has 0 saturated heterocycles. The van der Waals surface area contributed by atoms with E-state index in [9.17, 15) is 9.18 Å². The highest BCUT2D eigenvalue weighted by Crippen LogP contribution is 2.17. The quantitative estimate of drug-likeness (QED) is 0.941. The Balaban J connectivity index is 2.02. The molecule has 1 atom stereocenters. The van der Waals surface area contributed by atoms with Gasteiger partial charge >= 0.3 is 0 Å². The molecule has 0 aliphatic carbocycles. The van der Waals surface area contributed by atoms with Crippen molar-refractivity contribution in [2.75, 3.05) is 5.32 Å². The lowest BCUT2D eigenvalue weighted by molar-refractivity contribution is -0.119. The van der Waals surface area contributed by atoms with Crippen LogP contribution in [0.2, 0.25) is 5.02 Å². The summed E-state index contributed by atoms with van der Waals surface area (Å²) >= 11 is 5.76. The summed E-state index contributed by atoms with van der Waals surface area (Å²) in [5.74, 6) is -1.06. The first-order valence-electron chi connectivity index (χ1n) is 6.20. The summed E-state index contributed by atoms with van der Waals surface area (Å²) < 4.78 is 15.2. The molecule has 0 spiro atoms. The molecule has 1 unspecified atom stereocenters. The van der Waals surface area contributed by atoms with Gasteiger partial charge in [-0.05, 0) is 24.6 Å². The zero-order chi connectivity index (χ0) is 14.7. The first-order valence-corrected chi connectivity index (χ1v) is 6.58. The zero-order valence-corrected chi connectivity index (χ0v) is 12.0. The van der Waals surface area contributed by atoms with Crippen LogP contribution < -0.4 is 5.32 Å². The molecule has 1 heterocycles. The van der Waals surface area contributed by atoms with E-state index < -0.39 is 5.82 Å². The molecule has 1 amide bonds. The molecule has 0 aliphatic rings. The van der Waals surface area contributed by atoms with Gasteiger partial charge in [-0.2, -0.15) is 5.10 Å². The minimum Gasteiger partial charge on any atom is -0.323 e. The highest BCUT2D eigenvalue weighted by Gasteiger charge is 2.16. The van der Waals surface area contributed by atoms with E-state index in [0.29, 0.717) is 11.6 Å². The minimum atomic E-state index is -0.446. The van der Waals surface area contributed by atoms with Crippen molar-refractivity contribution < 1.29 is 9.18 Å². The molecule has 106 valence electrons. The van der Waals surface area contributed by atoms with Gasteiger partial charge in [0.05, 0.1) is 29.4 Å². The van der Waals surface area contributed by atoms with Gasteiger partial charge in [-0.3, -0.25) is 9.48 Å². The highest BCUT2D eigenvalue weighted by molar-refractivity contribution is 6.30. The maximum absolute atomic E-state index is 13.6. The van der Waals surface area contributed by atoms with Crippen molar-refractivity contribution in [2.45, 2.75) is 20.4 Å². The molecule has 0 bridgehead atoms. The third kappa shape index (κ3) is 3.57. The largest absolute Gasteiger partial charge is 0.323 e. The Morgan fingerprint density at radius 1 is 1.55 bits per heavy atom. The van der Waals surface area contributed by atoms with Crippen molar-refractivity contribution in [1.82, 2.24) is 9.78 Å². The van der Waals surface area contributed by atoms with Gasteiger partial charge in [-0.1, -0.05) is 24.6 Å². The van der Waals surface area contributed by atoms with Gasteiger partial charge in [0.15, 0.2) is 0 Å². The van der Waals surface area contributed by atoms with Crippen LogP contribution in [-0.2, 0) is 11.3 Å². The van der Waals surface area contributed by atoms with Crippen molar-refractivity contribution in [3.63, 3.8) is 0 Å². The smallest absolute Gasteiger partial charge is 0.229 e. The lowest BCUT2D eigenvalue weighted by Crippen LogP contribution is -2.25. The molecule has 1 N–H and O–H groups in total. The average molecular weight is 296 g/mol. The second-order valence-corrected chi connectivity index (χ2v) is 5.19. The van der Waals surface area contributed by atoms with Crippen LogP contribution in [0.4, 0.5) is 10.1 Å². The van der Waals surface area contributed by atoms with Crippen molar-refractivity contribution in [3.8, 4) is 0 Å². The van der Waals surface area contributed by atoms with Crippen molar-refractivity contribution >= 4 is 23.2 Å². The second kappa shape index (κ2) is 6.05. The number of hydrogen-bond donors (Lipinski definition) is 1. The van der Waals surface area contributed by atoms with Crippen LogP contribution in [0.25, 0.3) is 0 Å². The molecular formula is C14H15ClFN3O. The van der Waals surface area contributed by atoms with Crippen molar-refractivity contribution in [1.29, 1.82) is 0 Å². The molecule has 1 aromatic heterocycles. The first-order chi connectivity index (χ1) is 9.45. The zero-order valence-electron chi connectivity index (χ0n) is 11.2. The van der Waals surface area contributed by atoms with Gasteiger partial charge in [0.25, 0.3) is 0 Å². The third-order valence-electron chi connectivity index (χ3n) is 2.89. The number of rotatable bonds is 4. The molecule has 0 fully saturated rings. The molecule has 6 heteroatoms. The summed E-state index contributed by atoms with van der Waals surface area (Å²) in [6, 6.07) is 4.59. The number of nitrogens with one attached hydrogen (secondary N) is 1. The number of nitrogens with zero attached hydrogens (tertiary/aromatic N) is 2. The van der Waals surface area contributed by atoms with Gasteiger partial charge in [-0.25, -0.2) is 4.39 Å².